The minimum atomic E-state index is 0.479. The Morgan fingerprint density at radius 1 is 1.12 bits per heavy atom. The molecule has 1 aromatic carbocycles. The van der Waals surface area contributed by atoms with Crippen molar-refractivity contribution in [3.05, 3.63) is 35.3 Å². The molecule has 6 rings (SSSR count). The molecule has 3 saturated heterocycles. The second-order valence-electron chi connectivity index (χ2n) is 7.50. The predicted molar refractivity (Wildman–Crippen MR) is 107 cm³/mol. The molecule has 6 heteroatoms. The van der Waals surface area contributed by atoms with Crippen LogP contribution in [0.5, 0.6) is 0 Å². The first-order chi connectivity index (χ1) is 12.7. The largest absolute Gasteiger partial charge is 0.364 e. The Labute approximate surface area is 157 Å². The highest BCUT2D eigenvalue weighted by Crippen LogP contribution is 2.34. The van der Waals surface area contributed by atoms with E-state index < -0.39 is 0 Å². The average molecular weight is 366 g/mol. The van der Waals surface area contributed by atoms with Crippen LogP contribution in [0.25, 0.3) is 21.5 Å². The minimum absolute atomic E-state index is 0.479. The zero-order valence-corrected chi connectivity index (χ0v) is 16.0. The van der Waals surface area contributed by atoms with E-state index in [-0.39, 0.29) is 0 Å². The van der Waals surface area contributed by atoms with Crippen molar-refractivity contribution in [2.24, 2.45) is 5.92 Å². The summed E-state index contributed by atoms with van der Waals surface area (Å²) in [5.41, 5.74) is 3.00. The summed E-state index contributed by atoms with van der Waals surface area (Å²) in [5.74, 6) is 1.64. The van der Waals surface area contributed by atoms with Crippen LogP contribution >= 0.6 is 11.3 Å². The van der Waals surface area contributed by atoms with E-state index in [0.717, 1.165) is 33.5 Å². The molecule has 5 nitrogen and oxygen atoms in total. The maximum Gasteiger partial charge on any atom is 0.148 e. The molecular weight excluding hydrogens is 342 g/mol. The number of nitrogens with zero attached hydrogens (tertiary/aromatic N) is 4. The molecule has 0 aliphatic carbocycles. The molecule has 3 aliphatic heterocycles. The monoisotopic (exact) mass is 365 g/mol. The predicted octanol–water partition coefficient (Wildman–Crippen LogP) is 3.96. The first-order valence-electron chi connectivity index (χ1n) is 9.39. The summed E-state index contributed by atoms with van der Waals surface area (Å²) < 4.78 is 1.22. The lowest BCUT2D eigenvalue weighted by molar-refractivity contribution is 0.0457. The Morgan fingerprint density at radius 2 is 1.96 bits per heavy atom. The normalized spacial score (nSPS) is 27.8. The molecule has 0 saturated carbocycles. The van der Waals surface area contributed by atoms with Crippen LogP contribution in [0.3, 0.4) is 0 Å². The van der Waals surface area contributed by atoms with E-state index in [1.807, 2.05) is 6.92 Å². The van der Waals surface area contributed by atoms with Crippen LogP contribution in [-0.4, -0.2) is 45.3 Å². The fraction of sp³-hybridized carbons (Fsp3) is 0.450. The number of piperidine rings is 3. The van der Waals surface area contributed by atoms with Crippen molar-refractivity contribution in [1.82, 2.24) is 20.1 Å². The molecular formula is C20H23N5S. The summed E-state index contributed by atoms with van der Waals surface area (Å²) in [6, 6.07) is 11.5. The summed E-state index contributed by atoms with van der Waals surface area (Å²) in [5, 5.41) is 13.7. The van der Waals surface area contributed by atoms with E-state index >= 15 is 0 Å². The van der Waals surface area contributed by atoms with Crippen molar-refractivity contribution >= 4 is 27.4 Å². The minimum Gasteiger partial charge on any atom is -0.364 e. The van der Waals surface area contributed by atoms with Crippen LogP contribution in [0.15, 0.2) is 30.3 Å². The zero-order chi connectivity index (χ0) is 17.7. The lowest BCUT2D eigenvalue weighted by atomic mass is 9.79. The van der Waals surface area contributed by atoms with Gasteiger partial charge in [0, 0.05) is 17.6 Å². The number of hydrogen-bond acceptors (Lipinski definition) is 6. The first-order valence-corrected chi connectivity index (χ1v) is 10.2. The number of rotatable bonds is 3. The molecule has 26 heavy (non-hydrogen) atoms. The van der Waals surface area contributed by atoms with Gasteiger partial charge in [0.2, 0.25) is 0 Å². The number of fused-ring (bicyclic) bond motifs is 4. The maximum atomic E-state index is 4.58. The third-order valence-electron chi connectivity index (χ3n) is 5.95. The topological polar surface area (TPSA) is 53.9 Å². The summed E-state index contributed by atoms with van der Waals surface area (Å²) in [7, 11) is 0. The van der Waals surface area contributed by atoms with Gasteiger partial charge in [0.1, 0.15) is 5.82 Å². The number of hydrogen-bond donors (Lipinski definition) is 1. The van der Waals surface area contributed by atoms with E-state index in [1.165, 1.54) is 30.6 Å². The Kier molecular flexibility index (Phi) is 3.90. The molecule has 0 spiro atoms. The van der Waals surface area contributed by atoms with Gasteiger partial charge in [-0.1, -0.05) is 6.07 Å². The van der Waals surface area contributed by atoms with Gasteiger partial charge in [-0.05, 0) is 70.0 Å². The first kappa shape index (κ1) is 16.1. The summed E-state index contributed by atoms with van der Waals surface area (Å²) in [4.78, 5) is 7.17. The fourth-order valence-electron chi connectivity index (χ4n) is 4.48. The smallest absolute Gasteiger partial charge is 0.148 e. The van der Waals surface area contributed by atoms with Crippen LogP contribution in [0, 0.1) is 12.8 Å². The van der Waals surface area contributed by atoms with Gasteiger partial charge in [0.15, 0.2) is 0 Å². The van der Waals surface area contributed by atoms with Crippen LogP contribution in [0.4, 0.5) is 5.82 Å². The molecule has 1 N–H and O–H groups in total. The van der Waals surface area contributed by atoms with Gasteiger partial charge in [-0.15, -0.1) is 21.5 Å². The second-order valence-corrected chi connectivity index (χ2v) is 8.74. The number of thiazole rings is 1. The second kappa shape index (κ2) is 6.28. The molecule has 2 aromatic heterocycles. The standard InChI is InChI=1S/C20H23N5S/c1-12-20(14-7-9-25(12)10-8-14)22-19-6-4-16(23-24-19)15-3-5-18-17(11-15)21-13(2)26-18/h3-6,11-12,14,20H,7-10H2,1-2H3,(H,22,24). The SMILES string of the molecule is Cc1nc2cc(-c3ccc(NC4C5CCN(CC5)C4C)nn3)ccc2s1. The summed E-state index contributed by atoms with van der Waals surface area (Å²) in [6.07, 6.45) is 2.58. The van der Waals surface area contributed by atoms with Gasteiger partial charge in [-0.2, -0.15) is 0 Å². The Bertz CT molecular complexity index is 925. The Balaban J connectivity index is 1.36. The van der Waals surface area contributed by atoms with Crippen molar-refractivity contribution < 1.29 is 0 Å². The maximum absolute atomic E-state index is 4.58. The molecule has 2 unspecified atom stereocenters. The highest BCUT2D eigenvalue weighted by atomic mass is 32.1. The van der Waals surface area contributed by atoms with E-state index in [9.17, 15) is 0 Å². The molecule has 3 aliphatic rings. The Morgan fingerprint density at radius 3 is 2.69 bits per heavy atom. The van der Waals surface area contributed by atoms with Gasteiger partial charge >= 0.3 is 0 Å². The van der Waals surface area contributed by atoms with Crippen molar-refractivity contribution in [3.63, 3.8) is 0 Å². The quantitative estimate of drug-likeness (QED) is 0.761. The lowest BCUT2D eigenvalue weighted by Gasteiger charge is -2.50. The fourth-order valence-corrected chi connectivity index (χ4v) is 5.29. The van der Waals surface area contributed by atoms with Crippen LogP contribution in [-0.2, 0) is 0 Å². The van der Waals surface area contributed by atoms with Crippen LogP contribution < -0.4 is 5.32 Å². The van der Waals surface area contributed by atoms with Crippen LogP contribution in [0.1, 0.15) is 24.8 Å². The number of aromatic nitrogens is 3. The van der Waals surface area contributed by atoms with E-state index in [4.69, 9.17) is 0 Å². The van der Waals surface area contributed by atoms with E-state index in [1.54, 1.807) is 11.3 Å². The average Bonchev–Trinajstić information content (AvgIpc) is 3.05. The molecule has 0 radical (unpaired) electrons. The van der Waals surface area contributed by atoms with Gasteiger partial charge in [-0.25, -0.2) is 4.98 Å². The van der Waals surface area contributed by atoms with Crippen LogP contribution in [0.2, 0.25) is 0 Å². The van der Waals surface area contributed by atoms with Gasteiger partial charge < -0.3 is 5.32 Å². The van der Waals surface area contributed by atoms with Gasteiger partial charge in [-0.3, -0.25) is 4.90 Å². The number of anilines is 1. The van der Waals surface area contributed by atoms with E-state index in [2.05, 4.69) is 62.7 Å². The molecule has 0 amide bonds. The summed E-state index contributed by atoms with van der Waals surface area (Å²) in [6.45, 7) is 6.86. The lowest BCUT2D eigenvalue weighted by Crippen LogP contribution is -2.59. The highest BCUT2D eigenvalue weighted by molar-refractivity contribution is 7.18. The summed E-state index contributed by atoms with van der Waals surface area (Å²) >= 11 is 1.72. The third kappa shape index (κ3) is 2.77. The molecule has 2 atom stereocenters. The van der Waals surface area contributed by atoms with Crippen molar-refractivity contribution in [2.75, 3.05) is 18.4 Å². The van der Waals surface area contributed by atoms with Gasteiger partial charge in [0.25, 0.3) is 0 Å². The van der Waals surface area contributed by atoms with Crippen molar-refractivity contribution in [3.8, 4) is 11.3 Å². The number of aryl methyl sites for hydroxylation is 1. The molecule has 5 heterocycles. The van der Waals surface area contributed by atoms with E-state index in [0.29, 0.717) is 12.1 Å². The number of benzene rings is 1. The Hall–Kier alpha value is -2.05. The van der Waals surface area contributed by atoms with Crippen molar-refractivity contribution in [2.45, 2.75) is 38.8 Å². The molecule has 3 aromatic rings. The number of nitrogens with one attached hydrogen (secondary N) is 1. The molecule has 134 valence electrons. The van der Waals surface area contributed by atoms with Crippen molar-refractivity contribution in [1.29, 1.82) is 0 Å². The molecule has 3 fully saturated rings. The van der Waals surface area contributed by atoms with Gasteiger partial charge in [0.05, 0.1) is 20.9 Å². The zero-order valence-electron chi connectivity index (χ0n) is 15.1. The molecule has 2 bridgehead atoms. The highest BCUT2D eigenvalue weighted by Gasteiger charge is 2.39. The third-order valence-corrected chi connectivity index (χ3v) is 6.90.